The Morgan fingerprint density at radius 1 is 0.806 bits per heavy atom. The number of aldehydes is 1. The van der Waals surface area contributed by atoms with Crippen LogP contribution in [0.5, 0.6) is 0 Å². The first-order valence-corrected chi connectivity index (χ1v) is 18.2. The number of rotatable bonds is 6. The molecule has 4 aliphatic rings. The van der Waals surface area contributed by atoms with E-state index in [0.29, 0.717) is 16.7 Å². The number of aliphatic carboxylic acids is 1. The number of carboxylic acid groups (broad SMARTS) is 1. The topological polar surface area (TPSA) is 256 Å². The van der Waals surface area contributed by atoms with E-state index in [9.17, 15) is 60.3 Å². The third-order valence-electron chi connectivity index (χ3n) is 9.04. The lowest BCUT2D eigenvalue weighted by Gasteiger charge is -2.22. The smallest absolute Gasteiger partial charge is 0.446 e. The molecule has 2 fully saturated rings. The number of nitrogens with one attached hydrogen (secondary N) is 4. The van der Waals surface area contributed by atoms with E-state index in [-0.39, 0.29) is 59.3 Å². The second-order valence-electron chi connectivity index (χ2n) is 14.1. The predicted octanol–water partition coefficient (Wildman–Crippen LogP) is 4.59. The van der Waals surface area contributed by atoms with Crippen molar-refractivity contribution in [1.82, 2.24) is 20.4 Å². The Bertz CT molecular complexity index is 2190. The van der Waals surface area contributed by atoms with Crippen LogP contribution in [0.25, 0.3) is 0 Å². The summed E-state index contributed by atoms with van der Waals surface area (Å²) in [6.07, 6.45) is -7.49. The Kier molecular flexibility index (Phi) is 14.8. The minimum Gasteiger partial charge on any atom is -0.480 e. The Balaban J connectivity index is 0.000000283. The Morgan fingerprint density at radius 3 is 1.50 bits per heavy atom. The fourth-order valence-corrected chi connectivity index (χ4v) is 6.59. The molecule has 2 aromatic carbocycles. The number of hydrogen-bond acceptors (Lipinski definition) is 12. The number of carbonyl (C=O) groups excluding carboxylic acids is 8. The number of carbonyl (C=O) groups is 9. The zero-order valence-electron chi connectivity index (χ0n) is 35.0. The first kappa shape index (κ1) is 47.8. The molecule has 2 aliphatic heterocycles. The van der Waals surface area contributed by atoms with Gasteiger partial charge in [-0.15, -0.1) is 0 Å². The van der Waals surface area contributed by atoms with Gasteiger partial charge in [0.15, 0.2) is 0 Å². The standard InChI is InChI=1S/C19H22FN3O6.C15H14FN3O6.C2HF3O.C2H6/c1-18(2,3)28-13(24)9-23-15(25)19(29-17(23)27)8-7-10-11(19)5-6-12(14(10)20)22-16(26)21-4;1-17-13(23)18-9-3-2-8-7(11(9)16)4-5-15(8)12(22)19(6-10(20)21)14(24)25-15;3-2(4,5)1-6;1-2/h5-6H,7-9H2,1-4H3,(H2,21,22,26);2-3H,4-6H2,1H3,(H,20,21)(H2,17,18,23);1H;1-2H3/t19-;15-;;/m11../s1/i;;;1D. The van der Waals surface area contributed by atoms with Crippen LogP contribution in [0.3, 0.4) is 0 Å². The van der Waals surface area contributed by atoms with Gasteiger partial charge in [-0.2, -0.15) is 13.2 Å². The van der Waals surface area contributed by atoms with Crippen molar-refractivity contribution < 1.29 is 85.8 Å². The molecule has 0 aromatic heterocycles. The number of alkyl halides is 3. The van der Waals surface area contributed by atoms with Crippen molar-refractivity contribution in [1.29, 1.82) is 0 Å². The molecule has 338 valence electrons. The van der Waals surface area contributed by atoms with Crippen molar-refractivity contribution >= 4 is 65.7 Å². The van der Waals surface area contributed by atoms with Crippen LogP contribution in [0.15, 0.2) is 24.3 Å². The van der Waals surface area contributed by atoms with Crippen molar-refractivity contribution in [2.75, 3.05) is 37.8 Å². The summed E-state index contributed by atoms with van der Waals surface area (Å²) in [5.41, 5.74) is -3.60. The molecule has 2 saturated heterocycles. The maximum Gasteiger partial charge on any atom is 0.446 e. The molecule has 8 amide bonds. The molecule has 5 N–H and O–H groups in total. The normalized spacial score (nSPS) is 19.6. The number of fused-ring (bicyclic) bond motifs is 4. The second-order valence-corrected chi connectivity index (χ2v) is 14.1. The van der Waals surface area contributed by atoms with Gasteiger partial charge in [0, 0.05) is 39.4 Å². The van der Waals surface area contributed by atoms with Gasteiger partial charge in [0.05, 0.1) is 11.4 Å². The van der Waals surface area contributed by atoms with Gasteiger partial charge in [-0.05, 0) is 56.9 Å². The number of nitrogens with zero attached hydrogens (tertiary/aromatic N) is 2. The number of ether oxygens (including phenoxy) is 3. The molecular weight excluding hydrogens is 843 g/mol. The van der Waals surface area contributed by atoms with E-state index in [0.717, 1.165) is 0 Å². The van der Waals surface area contributed by atoms with Gasteiger partial charge in [0.25, 0.3) is 11.8 Å². The summed E-state index contributed by atoms with van der Waals surface area (Å²) in [6, 6.07) is 4.20. The number of carboxylic acids is 1. The summed E-state index contributed by atoms with van der Waals surface area (Å²) in [5.74, 6) is -5.11. The highest BCUT2D eigenvalue weighted by Crippen LogP contribution is 2.48. The lowest BCUT2D eigenvalue weighted by Crippen LogP contribution is -2.41. The molecule has 19 nitrogen and oxygen atoms in total. The highest BCUT2D eigenvalue weighted by Gasteiger charge is 2.60. The van der Waals surface area contributed by atoms with Gasteiger partial charge in [-0.25, -0.2) is 37.8 Å². The molecule has 2 aliphatic carbocycles. The lowest BCUT2D eigenvalue weighted by atomic mass is 9.94. The van der Waals surface area contributed by atoms with Crippen molar-refractivity contribution in [2.45, 2.75) is 83.3 Å². The molecule has 0 bridgehead atoms. The summed E-state index contributed by atoms with van der Waals surface area (Å²) in [5, 5.41) is 18.1. The van der Waals surface area contributed by atoms with Crippen LogP contribution < -0.4 is 21.3 Å². The Labute approximate surface area is 351 Å². The van der Waals surface area contributed by atoms with Gasteiger partial charge in [-0.3, -0.25) is 24.0 Å². The molecular formula is C38H43F5N6O13. The maximum absolute atomic E-state index is 14.8. The van der Waals surface area contributed by atoms with E-state index >= 15 is 0 Å². The molecule has 2 atom stereocenters. The van der Waals surface area contributed by atoms with Crippen LogP contribution in [0.4, 0.5) is 52.5 Å². The predicted molar refractivity (Wildman–Crippen MR) is 202 cm³/mol. The number of esters is 1. The summed E-state index contributed by atoms with van der Waals surface area (Å²) in [4.78, 5) is 105. The number of benzene rings is 2. The number of hydrogen-bond donors (Lipinski definition) is 5. The molecule has 6 rings (SSSR count). The minimum atomic E-state index is -4.64. The highest BCUT2D eigenvalue weighted by atomic mass is 19.4. The van der Waals surface area contributed by atoms with Crippen molar-refractivity contribution in [2.24, 2.45) is 0 Å². The van der Waals surface area contributed by atoms with Crippen LogP contribution in [0.1, 0.15) is 71.1 Å². The molecule has 0 radical (unpaired) electrons. The molecule has 62 heavy (non-hydrogen) atoms. The fraction of sp³-hybridized carbons (Fsp3) is 0.447. The van der Waals surface area contributed by atoms with Gasteiger partial charge in [0.2, 0.25) is 17.5 Å². The second kappa shape index (κ2) is 19.2. The molecule has 2 heterocycles. The largest absolute Gasteiger partial charge is 0.480 e. The molecule has 0 saturated carbocycles. The quantitative estimate of drug-likeness (QED) is 0.115. The molecule has 2 aromatic rings. The molecule has 0 unspecified atom stereocenters. The first-order valence-electron chi connectivity index (χ1n) is 18.9. The monoisotopic (exact) mass is 887 g/mol. The van der Waals surface area contributed by atoms with Gasteiger partial charge in [0.1, 0.15) is 30.3 Å². The van der Waals surface area contributed by atoms with E-state index < -0.39 is 102 Å². The summed E-state index contributed by atoms with van der Waals surface area (Å²) in [7, 11) is 2.77. The summed E-state index contributed by atoms with van der Waals surface area (Å²) in [6.45, 7) is 5.86. The van der Waals surface area contributed by atoms with Crippen molar-refractivity contribution in [3.63, 3.8) is 0 Å². The third-order valence-corrected chi connectivity index (χ3v) is 9.04. The number of urea groups is 2. The SMILES string of the molecule is CNC(=O)Nc1ccc2c(c1F)CC[C@@]21OC(=O)N(CC(=O)O)C1=O.CNC(=O)Nc1ccc2c(c1F)CC[C@@]21OC(=O)N(CC(=O)OC(C)(C)C)C1=O.O=CC(F)(F)F.[2H]CC. The third kappa shape index (κ3) is 10.5. The van der Waals surface area contributed by atoms with Crippen LogP contribution in [-0.4, -0.2) is 108 Å². The average Bonchev–Trinajstić information content (AvgIpc) is 3.89. The molecule has 2 spiro atoms. The highest BCUT2D eigenvalue weighted by molar-refractivity contribution is 6.07. The van der Waals surface area contributed by atoms with Gasteiger partial charge in [-0.1, -0.05) is 26.0 Å². The molecule has 24 heteroatoms. The lowest BCUT2D eigenvalue weighted by molar-refractivity contribution is -0.157. The van der Waals surface area contributed by atoms with E-state index in [2.05, 4.69) is 21.3 Å². The van der Waals surface area contributed by atoms with Crippen molar-refractivity contribution in [3.8, 4) is 0 Å². The van der Waals surface area contributed by atoms with Crippen LogP contribution in [0.2, 0.25) is 0 Å². The van der Waals surface area contributed by atoms with E-state index in [4.69, 9.17) is 25.5 Å². The Hall–Kier alpha value is -6.88. The maximum atomic E-state index is 14.8. The number of imide groups is 2. The van der Waals surface area contributed by atoms with E-state index in [1.165, 1.54) is 38.4 Å². The zero-order valence-corrected chi connectivity index (χ0v) is 34.0. The van der Waals surface area contributed by atoms with Crippen LogP contribution in [0, 0.1) is 11.6 Å². The number of amides is 8. The van der Waals surface area contributed by atoms with Gasteiger partial charge >= 0.3 is 42.4 Å². The van der Waals surface area contributed by atoms with E-state index in [1.807, 2.05) is 0 Å². The Morgan fingerprint density at radius 2 is 1.18 bits per heavy atom. The van der Waals surface area contributed by atoms with Crippen molar-refractivity contribution in [3.05, 3.63) is 58.2 Å². The fourth-order valence-electron chi connectivity index (χ4n) is 6.59. The number of halogens is 5. The van der Waals surface area contributed by atoms with Gasteiger partial charge < -0.3 is 40.6 Å². The summed E-state index contributed by atoms with van der Waals surface area (Å²) >= 11 is 0. The van der Waals surface area contributed by atoms with E-state index in [1.54, 1.807) is 27.7 Å². The average molecular weight is 888 g/mol. The van der Waals surface area contributed by atoms with Crippen LogP contribution >= 0.6 is 0 Å². The summed E-state index contributed by atoms with van der Waals surface area (Å²) < 4.78 is 82.6. The number of anilines is 2. The van der Waals surface area contributed by atoms with Crippen LogP contribution in [-0.2, 0) is 62.2 Å². The minimum absolute atomic E-state index is 0.00335. The first-order chi connectivity index (χ1) is 29.3. The zero-order chi connectivity index (χ0) is 47.8.